The molecule has 24 heavy (non-hydrogen) atoms. The average Bonchev–Trinajstić information content (AvgIpc) is 2.40. The van der Waals surface area contributed by atoms with Gasteiger partial charge in [-0.15, -0.1) is 0 Å². The van der Waals surface area contributed by atoms with Gasteiger partial charge in [0.25, 0.3) is 20.9 Å². The Morgan fingerprint density at radius 3 is 0.708 bits per heavy atom. The highest BCUT2D eigenvalue weighted by Crippen LogP contribution is 2.38. The summed E-state index contributed by atoms with van der Waals surface area (Å²) in [5.74, 6) is 0. The van der Waals surface area contributed by atoms with Gasteiger partial charge in [-0.1, -0.05) is 20.8 Å². The Balaban J connectivity index is 3.61. The van der Waals surface area contributed by atoms with Crippen LogP contribution in [0.25, 0.3) is 0 Å². The first-order chi connectivity index (χ1) is 10.7. The highest BCUT2D eigenvalue weighted by Gasteiger charge is 2.57. The fourth-order valence-electron chi connectivity index (χ4n) is 4.86. The molecule has 3 nitrogen and oxygen atoms in total. The molecule has 1 saturated heterocycles. The van der Waals surface area contributed by atoms with E-state index in [2.05, 4.69) is 97.3 Å². The fraction of sp³-hybridized carbons (Fsp3) is 1.00. The zero-order valence-corrected chi connectivity index (χ0v) is 18.7. The summed E-state index contributed by atoms with van der Waals surface area (Å²) in [6.07, 6.45) is 3.50. The topological polar surface area (TPSA) is 9.72 Å². The fourth-order valence-corrected chi connectivity index (χ4v) is 4.86. The lowest BCUT2D eigenvalue weighted by molar-refractivity contribution is 0.218. The molecule has 1 heterocycles. The normalized spacial score (nSPS) is 20.2. The van der Waals surface area contributed by atoms with Gasteiger partial charge >= 0.3 is 0 Å². The van der Waals surface area contributed by atoms with Crippen LogP contribution in [-0.4, -0.2) is 51.7 Å². The SMILES string of the molecule is CCB1N(C(C)(C)C)B(CC)N(C(C)(C)C)B(CC)N1C(C)(C)C. The number of nitrogens with zero attached hydrogens (tertiary/aromatic N) is 3. The van der Waals surface area contributed by atoms with Crippen molar-refractivity contribution in [2.75, 3.05) is 0 Å². The van der Waals surface area contributed by atoms with E-state index in [4.69, 9.17) is 0 Å². The van der Waals surface area contributed by atoms with Crippen LogP contribution in [0.5, 0.6) is 0 Å². The van der Waals surface area contributed by atoms with Crippen molar-refractivity contribution in [3.05, 3.63) is 0 Å². The van der Waals surface area contributed by atoms with Crippen LogP contribution in [0.1, 0.15) is 83.1 Å². The molecule has 0 aromatic carbocycles. The molecule has 6 heteroatoms. The average molecular weight is 333 g/mol. The van der Waals surface area contributed by atoms with Crippen molar-refractivity contribution in [2.45, 2.75) is 119 Å². The van der Waals surface area contributed by atoms with Crippen molar-refractivity contribution < 1.29 is 0 Å². The molecule has 0 bridgehead atoms. The first-order valence-electron chi connectivity index (χ1n) is 10.1. The Labute approximate surface area is 154 Å². The molecule has 0 atom stereocenters. The Kier molecular flexibility index (Phi) is 6.79. The van der Waals surface area contributed by atoms with E-state index in [1.54, 1.807) is 0 Å². The summed E-state index contributed by atoms with van der Waals surface area (Å²) in [5.41, 5.74) is 0.438. The van der Waals surface area contributed by atoms with E-state index in [0.717, 1.165) is 0 Å². The smallest absolute Gasteiger partial charge is 0.290 e. The van der Waals surface area contributed by atoms with E-state index in [9.17, 15) is 0 Å². The lowest BCUT2D eigenvalue weighted by Gasteiger charge is -2.64. The van der Waals surface area contributed by atoms with Crippen LogP contribution < -0.4 is 0 Å². The maximum Gasteiger partial charge on any atom is 0.290 e. The molecule has 0 aliphatic carbocycles. The first kappa shape index (κ1) is 22.1. The Bertz CT molecular complexity index is 335. The molecule has 1 aliphatic rings. The van der Waals surface area contributed by atoms with Crippen LogP contribution in [0.15, 0.2) is 0 Å². The minimum Gasteiger partial charge on any atom is -0.352 e. The van der Waals surface area contributed by atoms with Crippen molar-refractivity contribution in [2.24, 2.45) is 0 Å². The minimum atomic E-state index is 0.146. The molecule has 0 radical (unpaired) electrons. The largest absolute Gasteiger partial charge is 0.352 e. The molecule has 0 N–H and O–H groups in total. The molecule has 1 rings (SSSR count). The molecule has 0 spiro atoms. The van der Waals surface area contributed by atoms with Gasteiger partial charge in [0.15, 0.2) is 0 Å². The second-order valence-corrected chi connectivity index (χ2v) is 10.4. The van der Waals surface area contributed by atoms with E-state index >= 15 is 0 Å². The molecule has 0 unspecified atom stereocenters. The predicted octanol–water partition coefficient (Wildman–Crippen LogP) is 4.83. The molecule has 1 fully saturated rings. The Morgan fingerprint density at radius 2 is 0.625 bits per heavy atom. The highest BCUT2D eigenvalue weighted by molar-refractivity contribution is 6.86. The molecular weight excluding hydrogens is 291 g/mol. The van der Waals surface area contributed by atoms with E-state index in [1.807, 2.05) is 0 Å². The molecule has 0 amide bonds. The van der Waals surface area contributed by atoms with E-state index < -0.39 is 0 Å². The van der Waals surface area contributed by atoms with E-state index in [-0.39, 0.29) is 16.6 Å². The van der Waals surface area contributed by atoms with Crippen LogP contribution in [0.4, 0.5) is 0 Å². The third-order valence-electron chi connectivity index (χ3n) is 5.35. The van der Waals surface area contributed by atoms with Gasteiger partial charge in [-0.05, 0) is 97.9 Å². The Morgan fingerprint density at radius 1 is 0.458 bits per heavy atom. The second-order valence-electron chi connectivity index (χ2n) is 10.4. The molecule has 0 aromatic rings. The van der Waals surface area contributed by atoms with Crippen LogP contribution >= 0.6 is 0 Å². The zero-order chi connectivity index (χ0) is 19.1. The minimum absolute atomic E-state index is 0.146. The van der Waals surface area contributed by atoms with Crippen molar-refractivity contribution in [3.8, 4) is 0 Å². The summed E-state index contributed by atoms with van der Waals surface area (Å²) in [6.45, 7) is 30.0. The van der Waals surface area contributed by atoms with Crippen LogP contribution in [0.3, 0.4) is 0 Å². The summed E-state index contributed by atoms with van der Waals surface area (Å²) in [7, 11) is 0. The first-order valence-corrected chi connectivity index (χ1v) is 10.1. The van der Waals surface area contributed by atoms with Gasteiger partial charge in [-0.3, -0.25) is 0 Å². The van der Waals surface area contributed by atoms with Crippen LogP contribution in [0, 0.1) is 0 Å². The van der Waals surface area contributed by atoms with E-state index in [0.29, 0.717) is 20.9 Å². The molecular formula is C18H42B3N3. The number of hydrogen-bond acceptors (Lipinski definition) is 3. The monoisotopic (exact) mass is 333 g/mol. The summed E-state index contributed by atoms with van der Waals surface area (Å²) in [6, 6.07) is 0. The van der Waals surface area contributed by atoms with Crippen molar-refractivity contribution in [1.29, 1.82) is 0 Å². The molecule has 1 aliphatic heterocycles. The molecule has 0 aromatic heterocycles. The van der Waals surface area contributed by atoms with Gasteiger partial charge in [0.05, 0.1) is 0 Å². The summed E-state index contributed by atoms with van der Waals surface area (Å²) < 4.78 is 8.36. The second kappa shape index (κ2) is 7.36. The lowest BCUT2D eigenvalue weighted by Crippen LogP contribution is -2.84. The van der Waals surface area contributed by atoms with Gasteiger partial charge in [0, 0.05) is 0 Å². The number of rotatable bonds is 3. The molecule has 0 saturated carbocycles. The van der Waals surface area contributed by atoms with Crippen molar-refractivity contribution in [1.82, 2.24) is 14.2 Å². The highest BCUT2D eigenvalue weighted by atomic mass is 15.4. The van der Waals surface area contributed by atoms with Gasteiger partial charge in [-0.25, -0.2) is 0 Å². The number of hydrogen-bond donors (Lipinski definition) is 0. The van der Waals surface area contributed by atoms with Gasteiger partial charge in [-0.2, -0.15) is 0 Å². The van der Waals surface area contributed by atoms with Crippen molar-refractivity contribution in [3.63, 3.8) is 0 Å². The van der Waals surface area contributed by atoms with Crippen LogP contribution in [0.2, 0.25) is 19.0 Å². The Hall–Kier alpha value is 0.0748. The zero-order valence-electron chi connectivity index (χ0n) is 18.7. The maximum atomic E-state index is 2.79. The standard InChI is InChI=1S/C18H42B3N3/c1-13-19-22(16(4,5)6)20(14-2)24(18(10,11)12)21(15-3)23(19)17(7,8)9/h13-15H2,1-12H3. The summed E-state index contributed by atoms with van der Waals surface area (Å²) in [5, 5.41) is 0. The quantitative estimate of drug-likeness (QED) is 0.685. The van der Waals surface area contributed by atoms with Crippen molar-refractivity contribution >= 4 is 20.9 Å². The van der Waals surface area contributed by atoms with Gasteiger partial charge in [0.2, 0.25) is 0 Å². The predicted molar refractivity (Wildman–Crippen MR) is 113 cm³/mol. The molecule has 138 valence electrons. The maximum absolute atomic E-state index is 2.79. The summed E-state index contributed by atoms with van der Waals surface area (Å²) in [4.78, 5) is 0. The lowest BCUT2D eigenvalue weighted by atomic mass is 9.37. The van der Waals surface area contributed by atoms with E-state index in [1.165, 1.54) is 19.0 Å². The van der Waals surface area contributed by atoms with Gasteiger partial charge in [0.1, 0.15) is 0 Å². The third kappa shape index (κ3) is 4.24. The van der Waals surface area contributed by atoms with Crippen LogP contribution in [-0.2, 0) is 0 Å². The van der Waals surface area contributed by atoms with Gasteiger partial charge < -0.3 is 14.2 Å². The summed E-state index contributed by atoms with van der Waals surface area (Å²) >= 11 is 0. The third-order valence-corrected chi connectivity index (χ3v) is 5.35.